The van der Waals surface area contributed by atoms with Crippen LogP contribution in [0.3, 0.4) is 0 Å². The van der Waals surface area contributed by atoms with Gasteiger partial charge < -0.3 is 5.11 Å². The first-order chi connectivity index (χ1) is 12.1. The fourth-order valence-corrected chi connectivity index (χ4v) is 4.49. The van der Waals surface area contributed by atoms with Gasteiger partial charge in [0.25, 0.3) is 0 Å². The molecule has 0 saturated carbocycles. The lowest BCUT2D eigenvalue weighted by Gasteiger charge is -2.39. The molecule has 26 heavy (non-hydrogen) atoms. The molecule has 2 aromatic rings. The lowest BCUT2D eigenvalue weighted by Crippen LogP contribution is -2.51. The van der Waals surface area contributed by atoms with E-state index >= 15 is 0 Å². The lowest BCUT2D eigenvalue weighted by molar-refractivity contribution is -0.151. The number of thiazole rings is 1. The Labute approximate surface area is 158 Å². The lowest BCUT2D eigenvalue weighted by atomic mass is 9.87. The summed E-state index contributed by atoms with van der Waals surface area (Å²) < 4.78 is 1.69. The molecule has 0 bridgehead atoms. The average Bonchev–Trinajstić information content (AvgIpc) is 3.15. The number of piperidine rings is 1. The van der Waals surface area contributed by atoms with Crippen LogP contribution in [0.15, 0.2) is 12.3 Å². The molecule has 0 radical (unpaired) electrons. The van der Waals surface area contributed by atoms with Crippen LogP contribution in [-0.2, 0) is 22.3 Å². The third-order valence-electron chi connectivity index (χ3n) is 5.24. The molecule has 1 N–H and O–H groups in total. The van der Waals surface area contributed by atoms with Gasteiger partial charge in [-0.2, -0.15) is 5.10 Å². The predicted molar refractivity (Wildman–Crippen MR) is 103 cm³/mol. The molecule has 2 aromatic heterocycles. The van der Waals surface area contributed by atoms with E-state index in [9.17, 15) is 9.90 Å². The molecule has 0 spiro atoms. The minimum absolute atomic E-state index is 0.0901. The number of carboxylic acids is 1. The van der Waals surface area contributed by atoms with Gasteiger partial charge in [0.15, 0.2) is 5.54 Å². The number of aryl methyl sites for hydroxylation is 2. The van der Waals surface area contributed by atoms with Gasteiger partial charge in [-0.25, -0.2) is 9.78 Å². The predicted octanol–water partition coefficient (Wildman–Crippen LogP) is 3.33. The summed E-state index contributed by atoms with van der Waals surface area (Å²) in [5.74, 6) is -0.787. The van der Waals surface area contributed by atoms with Gasteiger partial charge in [-0.3, -0.25) is 9.58 Å². The highest BCUT2D eigenvalue weighted by molar-refractivity contribution is 7.11. The van der Waals surface area contributed by atoms with Crippen LogP contribution in [0.5, 0.6) is 0 Å². The number of rotatable bonds is 4. The molecular formula is C19H28N4O2S. The quantitative estimate of drug-likeness (QED) is 0.886. The van der Waals surface area contributed by atoms with Crippen LogP contribution in [0.4, 0.5) is 0 Å². The highest BCUT2D eigenvalue weighted by atomic mass is 32.1. The van der Waals surface area contributed by atoms with E-state index in [-0.39, 0.29) is 5.41 Å². The van der Waals surface area contributed by atoms with Gasteiger partial charge in [0.1, 0.15) is 0 Å². The Balaban J connectivity index is 1.76. The van der Waals surface area contributed by atoms with Crippen molar-refractivity contribution in [3.63, 3.8) is 0 Å². The molecule has 0 amide bonds. The summed E-state index contributed by atoms with van der Waals surface area (Å²) in [6.07, 6.45) is 2.95. The number of carbonyl (C=O) groups is 1. The van der Waals surface area contributed by atoms with Crippen molar-refractivity contribution in [3.8, 4) is 0 Å². The van der Waals surface area contributed by atoms with E-state index in [2.05, 4.69) is 35.8 Å². The van der Waals surface area contributed by atoms with Gasteiger partial charge in [0, 0.05) is 36.1 Å². The summed E-state index contributed by atoms with van der Waals surface area (Å²) in [4.78, 5) is 20.3. The first-order valence-corrected chi connectivity index (χ1v) is 9.89. The molecule has 1 aliphatic rings. The van der Waals surface area contributed by atoms with Crippen LogP contribution >= 0.6 is 11.3 Å². The second-order valence-electron chi connectivity index (χ2n) is 8.25. The maximum atomic E-state index is 12.2. The molecule has 1 aliphatic heterocycles. The second-order valence-corrected chi connectivity index (χ2v) is 9.54. The van der Waals surface area contributed by atoms with Gasteiger partial charge in [-0.1, -0.05) is 20.8 Å². The largest absolute Gasteiger partial charge is 0.479 e. The zero-order chi connectivity index (χ0) is 19.1. The number of carboxylic acid groups (broad SMARTS) is 1. The van der Waals surface area contributed by atoms with Crippen LogP contribution in [-0.4, -0.2) is 43.8 Å². The summed E-state index contributed by atoms with van der Waals surface area (Å²) >= 11 is 1.73. The number of hydrogen-bond acceptors (Lipinski definition) is 5. The van der Waals surface area contributed by atoms with Crippen LogP contribution < -0.4 is 0 Å². The van der Waals surface area contributed by atoms with E-state index < -0.39 is 11.5 Å². The van der Waals surface area contributed by atoms with Crippen LogP contribution in [0.25, 0.3) is 0 Å². The molecule has 0 aromatic carbocycles. The molecular weight excluding hydrogens is 348 g/mol. The van der Waals surface area contributed by atoms with Crippen molar-refractivity contribution in [1.82, 2.24) is 19.7 Å². The molecule has 3 rings (SSSR count). The molecule has 0 aliphatic carbocycles. The van der Waals surface area contributed by atoms with Crippen LogP contribution in [0.2, 0.25) is 0 Å². The van der Waals surface area contributed by atoms with E-state index in [0.29, 0.717) is 12.8 Å². The maximum absolute atomic E-state index is 12.2. The van der Waals surface area contributed by atoms with E-state index in [0.717, 1.165) is 36.0 Å². The number of aromatic nitrogens is 3. The number of nitrogens with zero attached hydrogens (tertiary/aromatic N) is 4. The van der Waals surface area contributed by atoms with Crippen molar-refractivity contribution in [2.45, 2.75) is 65.0 Å². The first-order valence-electron chi connectivity index (χ1n) is 9.07. The van der Waals surface area contributed by atoms with Crippen molar-refractivity contribution in [2.24, 2.45) is 0 Å². The second kappa shape index (κ2) is 6.78. The number of likely N-dealkylation sites (tertiary alicyclic amines) is 1. The average molecular weight is 377 g/mol. The Kier molecular flexibility index (Phi) is 4.96. The Bertz CT molecular complexity index is 795. The molecule has 142 valence electrons. The highest BCUT2D eigenvalue weighted by Crippen LogP contribution is 2.33. The van der Waals surface area contributed by atoms with Crippen molar-refractivity contribution < 1.29 is 9.90 Å². The van der Waals surface area contributed by atoms with Crippen molar-refractivity contribution >= 4 is 17.3 Å². The summed E-state index contributed by atoms with van der Waals surface area (Å²) in [7, 11) is 0. The fourth-order valence-electron chi connectivity index (χ4n) is 3.51. The van der Waals surface area contributed by atoms with Crippen molar-refractivity contribution in [2.75, 3.05) is 13.1 Å². The summed E-state index contributed by atoms with van der Waals surface area (Å²) in [6.45, 7) is 12.7. The summed E-state index contributed by atoms with van der Waals surface area (Å²) in [5.41, 5.74) is 0.979. The topological polar surface area (TPSA) is 71.2 Å². The Morgan fingerprint density at radius 3 is 2.42 bits per heavy atom. The van der Waals surface area contributed by atoms with Crippen molar-refractivity contribution in [1.29, 1.82) is 0 Å². The Hall–Kier alpha value is -1.73. The first kappa shape index (κ1) is 19.0. The molecule has 0 atom stereocenters. The summed E-state index contributed by atoms with van der Waals surface area (Å²) in [5, 5.41) is 15.7. The fraction of sp³-hybridized carbons (Fsp3) is 0.632. The Morgan fingerprint density at radius 1 is 1.31 bits per heavy atom. The van der Waals surface area contributed by atoms with Gasteiger partial charge in [-0.05, 0) is 32.8 Å². The highest BCUT2D eigenvalue weighted by Gasteiger charge is 2.44. The molecule has 1 saturated heterocycles. The van der Waals surface area contributed by atoms with Gasteiger partial charge in [-0.15, -0.1) is 11.3 Å². The molecule has 1 fully saturated rings. The standard InChI is InChI=1S/C19H28N4O2S/c1-13-15(26-14(2)20-13)12-22-10-7-19(8-11-22,17(24)25)23-9-6-16(21-23)18(3,4)5/h6,9H,7-8,10-12H2,1-5H3,(H,24,25). The molecule has 3 heterocycles. The van der Waals surface area contributed by atoms with Gasteiger partial charge in [0.05, 0.1) is 16.4 Å². The van der Waals surface area contributed by atoms with Crippen LogP contribution in [0.1, 0.15) is 54.9 Å². The monoisotopic (exact) mass is 376 g/mol. The SMILES string of the molecule is Cc1nc(C)c(CN2CCC(C(=O)O)(n3ccc(C(C)(C)C)n3)CC2)s1. The van der Waals surface area contributed by atoms with E-state index in [1.54, 1.807) is 16.0 Å². The van der Waals surface area contributed by atoms with E-state index in [1.807, 2.05) is 26.1 Å². The number of aliphatic carboxylic acids is 1. The molecule has 0 unspecified atom stereocenters. The van der Waals surface area contributed by atoms with E-state index in [4.69, 9.17) is 0 Å². The third kappa shape index (κ3) is 3.55. The van der Waals surface area contributed by atoms with Crippen LogP contribution in [0, 0.1) is 13.8 Å². The smallest absolute Gasteiger partial charge is 0.331 e. The summed E-state index contributed by atoms with van der Waals surface area (Å²) in [6, 6.07) is 1.94. The van der Waals surface area contributed by atoms with Gasteiger partial charge >= 0.3 is 5.97 Å². The van der Waals surface area contributed by atoms with Crippen molar-refractivity contribution in [3.05, 3.63) is 33.5 Å². The minimum atomic E-state index is -0.946. The van der Waals surface area contributed by atoms with Gasteiger partial charge in [0.2, 0.25) is 0 Å². The zero-order valence-corrected chi connectivity index (χ0v) is 17.1. The zero-order valence-electron chi connectivity index (χ0n) is 16.2. The minimum Gasteiger partial charge on any atom is -0.479 e. The Morgan fingerprint density at radius 2 is 1.96 bits per heavy atom. The van der Waals surface area contributed by atoms with E-state index in [1.165, 1.54) is 4.88 Å². The number of hydrogen-bond donors (Lipinski definition) is 1. The third-order valence-corrected chi connectivity index (χ3v) is 6.30. The molecule has 6 nitrogen and oxygen atoms in total. The molecule has 7 heteroatoms. The maximum Gasteiger partial charge on any atom is 0.331 e. The normalized spacial score (nSPS) is 18.2.